The van der Waals surface area contributed by atoms with E-state index >= 15 is 0 Å². The van der Waals surface area contributed by atoms with E-state index < -0.39 is 0 Å². The van der Waals surface area contributed by atoms with Gasteiger partial charge in [0.2, 0.25) is 0 Å². The molecule has 6 heteroatoms. The molecule has 0 N–H and O–H groups in total. The number of amides is 1. The number of hydrogen-bond donors (Lipinski definition) is 0. The van der Waals surface area contributed by atoms with Gasteiger partial charge in [0.25, 0.3) is 5.91 Å². The number of likely N-dealkylation sites (tertiary alicyclic amines) is 1. The molecule has 2 aromatic rings. The third kappa shape index (κ3) is 3.03. The van der Waals surface area contributed by atoms with Crippen LogP contribution in [-0.2, 0) is 0 Å². The van der Waals surface area contributed by atoms with E-state index in [4.69, 9.17) is 0 Å². The molecule has 0 atom stereocenters. The summed E-state index contributed by atoms with van der Waals surface area (Å²) in [5.41, 5.74) is 2.14. The Hall–Kier alpha value is -1.79. The van der Waals surface area contributed by atoms with E-state index in [1.807, 2.05) is 44.4 Å². The molecule has 1 aliphatic rings. The van der Waals surface area contributed by atoms with E-state index in [0.717, 1.165) is 28.8 Å². The summed E-state index contributed by atoms with van der Waals surface area (Å²) < 4.78 is 1.02. The van der Waals surface area contributed by atoms with Crippen LogP contribution in [0.1, 0.15) is 10.5 Å². The van der Waals surface area contributed by atoms with Crippen LogP contribution in [0.5, 0.6) is 0 Å². The average Bonchev–Trinajstić information content (AvgIpc) is 2.46. The number of likely N-dealkylation sites (N-methyl/N-ethyl adjacent to an activating group) is 1. The van der Waals surface area contributed by atoms with Crippen LogP contribution in [0.25, 0.3) is 11.3 Å². The summed E-state index contributed by atoms with van der Waals surface area (Å²) in [6.45, 7) is 1.50. The fourth-order valence-corrected chi connectivity index (χ4v) is 2.60. The van der Waals surface area contributed by atoms with Gasteiger partial charge < -0.3 is 9.80 Å². The minimum atomic E-state index is -0.0482. The Morgan fingerprint density at radius 2 is 1.82 bits per heavy atom. The second-order valence-electron chi connectivity index (χ2n) is 5.64. The largest absolute Gasteiger partial charge is 0.334 e. The van der Waals surface area contributed by atoms with Gasteiger partial charge in [-0.05, 0) is 38.4 Å². The maximum atomic E-state index is 12.3. The van der Waals surface area contributed by atoms with E-state index in [1.165, 1.54) is 0 Å². The topological polar surface area (TPSA) is 49.3 Å². The SMILES string of the molecule is CN(C)C1CN(C(=O)c2ccc(-c3ccc(Br)cc3)nn2)C1. The lowest BCUT2D eigenvalue weighted by atomic mass is 10.1. The fraction of sp³-hybridized carbons (Fsp3) is 0.312. The lowest BCUT2D eigenvalue weighted by molar-refractivity contribution is 0.0393. The third-order valence-electron chi connectivity index (χ3n) is 3.90. The maximum Gasteiger partial charge on any atom is 0.274 e. The predicted octanol–water partition coefficient (Wildman–Crippen LogP) is 2.29. The van der Waals surface area contributed by atoms with E-state index in [9.17, 15) is 4.79 Å². The number of carbonyl (C=O) groups is 1. The fourth-order valence-electron chi connectivity index (χ4n) is 2.33. The first-order chi connectivity index (χ1) is 10.5. The van der Waals surface area contributed by atoms with E-state index in [0.29, 0.717) is 11.7 Å². The van der Waals surface area contributed by atoms with Gasteiger partial charge in [-0.3, -0.25) is 4.79 Å². The second kappa shape index (κ2) is 6.14. The number of aromatic nitrogens is 2. The molecule has 0 radical (unpaired) electrons. The number of rotatable bonds is 3. The molecule has 0 bridgehead atoms. The minimum absolute atomic E-state index is 0.0482. The summed E-state index contributed by atoms with van der Waals surface area (Å²) in [6.07, 6.45) is 0. The lowest BCUT2D eigenvalue weighted by Crippen LogP contribution is -2.59. The highest BCUT2D eigenvalue weighted by Crippen LogP contribution is 2.20. The Morgan fingerprint density at radius 3 is 2.36 bits per heavy atom. The molecule has 1 aliphatic heterocycles. The van der Waals surface area contributed by atoms with Crippen LogP contribution in [0.4, 0.5) is 0 Å². The summed E-state index contributed by atoms with van der Waals surface area (Å²) >= 11 is 3.40. The molecular formula is C16H17BrN4O. The van der Waals surface area contributed by atoms with Gasteiger partial charge in [0.05, 0.1) is 5.69 Å². The standard InChI is InChI=1S/C16H17BrN4O/c1-20(2)13-9-21(10-13)16(22)15-8-7-14(18-19-15)11-3-5-12(17)6-4-11/h3-8,13H,9-10H2,1-2H3. The van der Waals surface area contributed by atoms with Crippen LogP contribution < -0.4 is 0 Å². The Bertz CT molecular complexity index is 664. The molecule has 22 heavy (non-hydrogen) atoms. The van der Waals surface area contributed by atoms with Gasteiger partial charge in [0, 0.05) is 29.2 Å². The summed E-state index contributed by atoms with van der Waals surface area (Å²) in [7, 11) is 4.05. The highest BCUT2D eigenvalue weighted by molar-refractivity contribution is 9.10. The zero-order valence-electron chi connectivity index (χ0n) is 12.5. The van der Waals surface area contributed by atoms with Gasteiger partial charge in [0.1, 0.15) is 0 Å². The second-order valence-corrected chi connectivity index (χ2v) is 6.55. The van der Waals surface area contributed by atoms with Crippen molar-refractivity contribution < 1.29 is 4.79 Å². The molecular weight excluding hydrogens is 344 g/mol. The summed E-state index contributed by atoms with van der Waals surface area (Å²) in [4.78, 5) is 16.2. The van der Waals surface area contributed by atoms with E-state index in [1.54, 1.807) is 11.0 Å². The molecule has 1 amide bonds. The van der Waals surface area contributed by atoms with Crippen molar-refractivity contribution in [2.45, 2.75) is 6.04 Å². The van der Waals surface area contributed by atoms with Gasteiger partial charge in [-0.25, -0.2) is 0 Å². The molecule has 114 valence electrons. The van der Waals surface area contributed by atoms with E-state index in [2.05, 4.69) is 31.0 Å². The number of hydrogen-bond acceptors (Lipinski definition) is 4. The number of carbonyl (C=O) groups excluding carboxylic acids is 1. The zero-order chi connectivity index (χ0) is 15.7. The van der Waals surface area contributed by atoms with Gasteiger partial charge in [-0.15, -0.1) is 10.2 Å². The van der Waals surface area contributed by atoms with Gasteiger partial charge in [-0.2, -0.15) is 0 Å². The number of benzene rings is 1. The molecule has 1 aromatic carbocycles. The van der Waals surface area contributed by atoms with Crippen molar-refractivity contribution in [3.8, 4) is 11.3 Å². The molecule has 1 saturated heterocycles. The maximum absolute atomic E-state index is 12.3. The van der Waals surface area contributed by atoms with Crippen LogP contribution in [0.2, 0.25) is 0 Å². The van der Waals surface area contributed by atoms with Crippen LogP contribution in [0.3, 0.4) is 0 Å². The molecule has 3 rings (SSSR count). The first kappa shape index (κ1) is 15.1. The highest BCUT2D eigenvalue weighted by Gasteiger charge is 2.33. The molecule has 0 saturated carbocycles. The van der Waals surface area contributed by atoms with Crippen LogP contribution in [-0.4, -0.2) is 59.1 Å². The number of halogens is 1. The van der Waals surface area contributed by atoms with Crippen molar-refractivity contribution in [1.29, 1.82) is 0 Å². The van der Waals surface area contributed by atoms with Crippen molar-refractivity contribution in [3.63, 3.8) is 0 Å². The van der Waals surface area contributed by atoms with Gasteiger partial charge in [0.15, 0.2) is 5.69 Å². The quantitative estimate of drug-likeness (QED) is 0.842. The molecule has 1 fully saturated rings. The summed E-state index contributed by atoms with van der Waals surface area (Å²) in [5, 5.41) is 8.26. The number of nitrogens with zero attached hydrogens (tertiary/aromatic N) is 4. The Labute approximate surface area is 138 Å². The summed E-state index contributed by atoms with van der Waals surface area (Å²) in [5.74, 6) is -0.0482. The molecule has 0 aliphatic carbocycles. The van der Waals surface area contributed by atoms with Crippen molar-refractivity contribution in [3.05, 3.63) is 46.6 Å². The Balaban J connectivity index is 1.69. The first-order valence-corrected chi connectivity index (χ1v) is 7.89. The van der Waals surface area contributed by atoms with Crippen molar-refractivity contribution in [2.75, 3.05) is 27.2 Å². The molecule has 1 aromatic heterocycles. The normalized spacial score (nSPS) is 15.0. The van der Waals surface area contributed by atoms with E-state index in [-0.39, 0.29) is 5.91 Å². The van der Waals surface area contributed by atoms with Crippen LogP contribution >= 0.6 is 15.9 Å². The summed E-state index contributed by atoms with van der Waals surface area (Å²) in [6, 6.07) is 11.9. The first-order valence-electron chi connectivity index (χ1n) is 7.10. The molecule has 0 unspecified atom stereocenters. The molecule has 2 heterocycles. The lowest BCUT2D eigenvalue weighted by Gasteiger charge is -2.42. The van der Waals surface area contributed by atoms with Gasteiger partial charge >= 0.3 is 0 Å². The third-order valence-corrected chi connectivity index (χ3v) is 4.43. The molecule has 0 spiro atoms. The van der Waals surface area contributed by atoms with Crippen molar-refractivity contribution in [1.82, 2.24) is 20.0 Å². The minimum Gasteiger partial charge on any atom is -0.334 e. The molecule has 5 nitrogen and oxygen atoms in total. The van der Waals surface area contributed by atoms with Crippen LogP contribution in [0, 0.1) is 0 Å². The van der Waals surface area contributed by atoms with Crippen molar-refractivity contribution in [2.24, 2.45) is 0 Å². The predicted molar refractivity (Wildman–Crippen MR) is 88.5 cm³/mol. The van der Waals surface area contributed by atoms with Crippen LogP contribution in [0.15, 0.2) is 40.9 Å². The average molecular weight is 361 g/mol. The van der Waals surface area contributed by atoms with Gasteiger partial charge in [-0.1, -0.05) is 28.1 Å². The smallest absolute Gasteiger partial charge is 0.274 e. The zero-order valence-corrected chi connectivity index (χ0v) is 14.1. The highest BCUT2D eigenvalue weighted by atomic mass is 79.9. The Kier molecular flexibility index (Phi) is 4.22. The monoisotopic (exact) mass is 360 g/mol. The van der Waals surface area contributed by atoms with Crippen molar-refractivity contribution >= 4 is 21.8 Å². The Morgan fingerprint density at radius 1 is 1.14 bits per heavy atom.